The first-order chi connectivity index (χ1) is 12.0. The second kappa shape index (κ2) is 7.03. The number of carbonyl (C=O) groups is 1. The molecule has 0 radical (unpaired) electrons. The molecule has 7 heteroatoms. The van der Waals surface area contributed by atoms with Gasteiger partial charge in [-0.1, -0.05) is 23.7 Å². The van der Waals surface area contributed by atoms with E-state index in [-0.39, 0.29) is 12.0 Å². The van der Waals surface area contributed by atoms with E-state index in [1.165, 1.54) is 7.11 Å². The Hall–Kier alpha value is -2.73. The van der Waals surface area contributed by atoms with Crippen molar-refractivity contribution in [3.8, 4) is 11.5 Å². The van der Waals surface area contributed by atoms with Crippen LogP contribution in [0.3, 0.4) is 0 Å². The highest BCUT2D eigenvalue weighted by molar-refractivity contribution is 6.32. The quantitative estimate of drug-likeness (QED) is 0.751. The molecule has 3 rings (SSSR count). The number of halogens is 1. The number of para-hydroxylation sites is 2. The molecular formula is C18H18ClN3O3. The van der Waals surface area contributed by atoms with Crippen molar-refractivity contribution in [1.29, 1.82) is 0 Å². The Balaban J connectivity index is 1.90. The van der Waals surface area contributed by atoms with Crippen molar-refractivity contribution in [3.63, 3.8) is 0 Å². The highest BCUT2D eigenvalue weighted by Crippen LogP contribution is 2.37. The lowest BCUT2D eigenvalue weighted by molar-refractivity contribution is 0.101. The number of hydrogen-bond donors (Lipinski definition) is 1. The Bertz CT molecular complexity index is 921. The molecule has 130 valence electrons. The molecule has 1 N–H and O–H groups in total. The van der Waals surface area contributed by atoms with Crippen LogP contribution in [0.2, 0.25) is 5.02 Å². The van der Waals surface area contributed by atoms with E-state index in [0.717, 1.165) is 11.0 Å². The lowest BCUT2D eigenvalue weighted by Crippen LogP contribution is -2.22. The number of hydrogen-bond acceptors (Lipinski definition) is 4. The first-order valence-electron chi connectivity index (χ1n) is 7.77. The molecule has 2 aromatic carbocycles. The molecule has 3 aromatic rings. The van der Waals surface area contributed by atoms with Crippen LogP contribution in [0.1, 0.15) is 24.2 Å². The van der Waals surface area contributed by atoms with Crippen LogP contribution in [-0.2, 0) is 0 Å². The second-order valence-electron chi connectivity index (χ2n) is 5.70. The second-order valence-corrected chi connectivity index (χ2v) is 6.11. The molecule has 0 saturated heterocycles. The van der Waals surface area contributed by atoms with Gasteiger partial charge in [0.2, 0.25) is 0 Å². The smallest absolute Gasteiger partial charge is 0.270 e. The number of amides is 1. The summed E-state index contributed by atoms with van der Waals surface area (Å²) >= 11 is 6.27. The summed E-state index contributed by atoms with van der Waals surface area (Å²) < 4.78 is 12.5. The van der Waals surface area contributed by atoms with E-state index in [4.69, 9.17) is 21.1 Å². The molecular weight excluding hydrogens is 342 g/mol. The zero-order valence-corrected chi connectivity index (χ0v) is 14.9. The van der Waals surface area contributed by atoms with Crippen molar-refractivity contribution in [3.05, 3.63) is 53.3 Å². The fourth-order valence-electron chi connectivity index (χ4n) is 2.42. The average Bonchev–Trinajstić information content (AvgIpc) is 2.99. The van der Waals surface area contributed by atoms with E-state index >= 15 is 0 Å². The highest BCUT2D eigenvalue weighted by atomic mass is 35.5. The molecule has 6 nitrogen and oxygen atoms in total. The van der Waals surface area contributed by atoms with Crippen LogP contribution in [0.4, 0.5) is 0 Å². The lowest BCUT2D eigenvalue weighted by atomic mass is 10.2. The predicted octanol–water partition coefficient (Wildman–Crippen LogP) is 3.87. The van der Waals surface area contributed by atoms with Gasteiger partial charge in [0, 0.05) is 5.56 Å². The van der Waals surface area contributed by atoms with Crippen molar-refractivity contribution in [2.75, 3.05) is 12.5 Å². The van der Waals surface area contributed by atoms with Gasteiger partial charge < -0.3 is 9.47 Å². The van der Waals surface area contributed by atoms with Gasteiger partial charge in [0.15, 0.2) is 11.5 Å². The third kappa shape index (κ3) is 3.53. The monoisotopic (exact) mass is 359 g/mol. The minimum atomic E-state index is -0.334. The van der Waals surface area contributed by atoms with E-state index in [9.17, 15) is 4.79 Å². The minimum Gasteiger partial charge on any atom is -0.493 e. The average molecular weight is 360 g/mol. The van der Waals surface area contributed by atoms with Crippen LogP contribution < -0.4 is 14.9 Å². The van der Waals surface area contributed by atoms with Crippen LogP contribution in [-0.4, -0.2) is 28.8 Å². The third-order valence-corrected chi connectivity index (χ3v) is 3.80. The number of benzene rings is 2. The molecule has 0 aliphatic rings. The molecule has 1 heterocycles. The van der Waals surface area contributed by atoms with Crippen molar-refractivity contribution in [2.45, 2.75) is 20.0 Å². The van der Waals surface area contributed by atoms with Gasteiger partial charge in [-0.2, -0.15) is 0 Å². The fourth-order valence-corrected chi connectivity index (χ4v) is 2.68. The Kier molecular flexibility index (Phi) is 4.81. The van der Waals surface area contributed by atoms with E-state index in [2.05, 4.69) is 10.4 Å². The van der Waals surface area contributed by atoms with Crippen LogP contribution in [0, 0.1) is 0 Å². The van der Waals surface area contributed by atoms with Gasteiger partial charge in [-0.3, -0.25) is 10.2 Å². The molecule has 0 bridgehead atoms. The molecule has 0 atom stereocenters. The Morgan fingerprint density at radius 3 is 2.76 bits per heavy atom. The normalized spacial score (nSPS) is 10.9. The highest BCUT2D eigenvalue weighted by Gasteiger charge is 2.17. The number of ether oxygens (including phenoxy) is 2. The van der Waals surface area contributed by atoms with Crippen LogP contribution in [0.15, 0.2) is 42.7 Å². The first kappa shape index (κ1) is 17.1. The predicted molar refractivity (Wildman–Crippen MR) is 97.2 cm³/mol. The van der Waals surface area contributed by atoms with Crippen molar-refractivity contribution in [1.82, 2.24) is 9.66 Å². The number of nitrogens with one attached hydrogen (secondary N) is 1. The van der Waals surface area contributed by atoms with Gasteiger partial charge in [0.05, 0.1) is 29.3 Å². The maximum absolute atomic E-state index is 12.6. The van der Waals surface area contributed by atoms with Gasteiger partial charge in [-0.15, -0.1) is 0 Å². The number of methoxy groups -OCH3 is 1. The van der Waals surface area contributed by atoms with Crippen LogP contribution in [0.25, 0.3) is 11.0 Å². The summed E-state index contributed by atoms with van der Waals surface area (Å²) in [5, 5.41) is 0.314. The number of aromatic nitrogens is 2. The van der Waals surface area contributed by atoms with Crippen LogP contribution >= 0.6 is 11.6 Å². The molecule has 0 unspecified atom stereocenters. The molecule has 0 aliphatic heterocycles. The summed E-state index contributed by atoms with van der Waals surface area (Å²) in [6.07, 6.45) is 1.49. The van der Waals surface area contributed by atoms with E-state index in [1.54, 1.807) is 23.1 Å². The molecule has 0 spiro atoms. The van der Waals surface area contributed by atoms with Crippen LogP contribution in [0.5, 0.6) is 11.5 Å². The zero-order valence-electron chi connectivity index (χ0n) is 14.1. The Morgan fingerprint density at radius 1 is 1.28 bits per heavy atom. The van der Waals surface area contributed by atoms with E-state index in [1.807, 2.05) is 38.1 Å². The Labute approximate surface area is 150 Å². The number of rotatable bonds is 5. The molecule has 0 aliphatic carbocycles. The summed E-state index contributed by atoms with van der Waals surface area (Å²) in [7, 11) is 1.50. The number of imidazole rings is 1. The standard InChI is InChI=1S/C18H18ClN3O3/c1-11(2)25-17-13(19)8-12(9-16(17)24-3)18(23)21-22-10-20-14-6-4-5-7-15(14)22/h4-11H,1-3H3,(H,21,23). The maximum Gasteiger partial charge on any atom is 0.270 e. The van der Waals surface area contributed by atoms with Gasteiger partial charge in [0.1, 0.15) is 6.33 Å². The molecule has 0 fully saturated rings. The molecule has 25 heavy (non-hydrogen) atoms. The molecule has 0 saturated carbocycles. The molecule has 1 amide bonds. The van der Waals surface area contributed by atoms with Crippen molar-refractivity contribution in [2.24, 2.45) is 0 Å². The number of carbonyl (C=O) groups excluding carboxylic acids is 1. The SMILES string of the molecule is COc1cc(C(=O)Nn2cnc3ccccc32)cc(Cl)c1OC(C)C. The van der Waals surface area contributed by atoms with Crippen molar-refractivity contribution < 1.29 is 14.3 Å². The fraction of sp³-hybridized carbons (Fsp3) is 0.222. The summed E-state index contributed by atoms with van der Waals surface area (Å²) in [4.78, 5) is 16.8. The third-order valence-electron chi connectivity index (χ3n) is 3.52. The van der Waals surface area contributed by atoms with Gasteiger partial charge in [-0.25, -0.2) is 9.66 Å². The van der Waals surface area contributed by atoms with Crippen molar-refractivity contribution >= 4 is 28.5 Å². The minimum absolute atomic E-state index is 0.0663. The Morgan fingerprint density at radius 2 is 2.04 bits per heavy atom. The summed E-state index contributed by atoms with van der Waals surface area (Å²) in [5.41, 5.74) is 4.73. The van der Waals surface area contributed by atoms with E-state index < -0.39 is 0 Å². The number of fused-ring (bicyclic) bond motifs is 1. The molecule has 1 aromatic heterocycles. The largest absolute Gasteiger partial charge is 0.493 e. The first-order valence-corrected chi connectivity index (χ1v) is 8.15. The summed E-state index contributed by atoms with van der Waals surface area (Å²) in [6.45, 7) is 3.78. The van der Waals surface area contributed by atoms with Gasteiger partial charge in [-0.05, 0) is 38.1 Å². The number of nitrogens with zero attached hydrogens (tertiary/aromatic N) is 2. The topological polar surface area (TPSA) is 65.4 Å². The maximum atomic E-state index is 12.6. The van der Waals surface area contributed by atoms with E-state index in [0.29, 0.717) is 22.1 Å². The zero-order chi connectivity index (χ0) is 18.0. The lowest BCUT2D eigenvalue weighted by Gasteiger charge is -2.16. The van der Waals surface area contributed by atoms with Gasteiger partial charge in [0.25, 0.3) is 5.91 Å². The summed E-state index contributed by atoms with van der Waals surface area (Å²) in [6, 6.07) is 10.7. The summed E-state index contributed by atoms with van der Waals surface area (Å²) in [5.74, 6) is 0.491. The van der Waals surface area contributed by atoms with Gasteiger partial charge >= 0.3 is 0 Å².